The molecule has 6 heteroatoms. The highest BCUT2D eigenvalue weighted by Gasteiger charge is 2.21. The van der Waals surface area contributed by atoms with Crippen LogP contribution in [0.5, 0.6) is 0 Å². The second-order valence-corrected chi connectivity index (χ2v) is 5.60. The fourth-order valence-corrected chi connectivity index (χ4v) is 2.52. The van der Waals surface area contributed by atoms with Crippen LogP contribution in [0.2, 0.25) is 0 Å². The number of rotatable bonds is 5. The quantitative estimate of drug-likeness (QED) is 0.721. The molecule has 0 aromatic rings. The maximum absolute atomic E-state index is 11.9. The Morgan fingerprint density at radius 2 is 1.29 bits per heavy atom. The molecule has 6 nitrogen and oxygen atoms in total. The van der Waals surface area contributed by atoms with Crippen LogP contribution in [0.15, 0.2) is 12.2 Å². The van der Waals surface area contributed by atoms with Gasteiger partial charge in [-0.1, -0.05) is 19.4 Å². The third-order valence-electron chi connectivity index (χ3n) is 3.72. The lowest BCUT2D eigenvalue weighted by Gasteiger charge is -2.26. The molecule has 0 aromatic heterocycles. The average Bonchev–Trinajstić information content (AvgIpc) is 2.49. The summed E-state index contributed by atoms with van der Waals surface area (Å²) in [5.74, 6) is -0.981. The molecule has 2 aliphatic heterocycles. The molecular weight excluding hydrogens is 272 g/mol. The van der Waals surface area contributed by atoms with Gasteiger partial charge in [-0.3, -0.25) is 0 Å². The molecule has 118 valence electrons. The molecule has 0 aliphatic carbocycles. The van der Waals surface area contributed by atoms with Crippen LogP contribution in [0, 0.1) is 0 Å². The third kappa shape index (κ3) is 5.47. The lowest BCUT2D eigenvalue weighted by molar-refractivity contribution is -0.197. The summed E-state index contributed by atoms with van der Waals surface area (Å²) in [5.41, 5.74) is 0.141. The minimum atomic E-state index is -0.535. The van der Waals surface area contributed by atoms with Gasteiger partial charge in [0.25, 0.3) is 0 Å². The molecule has 0 saturated carbocycles. The molecule has 0 aromatic carbocycles. The first-order chi connectivity index (χ1) is 10.1. The number of hydroxylamine groups is 4. The average molecular weight is 296 g/mol. The lowest BCUT2D eigenvalue weighted by atomic mass is 10.2. The SMILES string of the molecule is C=C(CC(=O)ON1CCCCC1)C(=O)ON1CCCCC1. The number of hydrogen-bond acceptors (Lipinski definition) is 6. The predicted molar refractivity (Wildman–Crippen MR) is 76.8 cm³/mol. The second kappa shape index (κ2) is 8.14. The van der Waals surface area contributed by atoms with Crippen molar-refractivity contribution in [3.8, 4) is 0 Å². The smallest absolute Gasteiger partial charge is 0.352 e. The van der Waals surface area contributed by atoms with Gasteiger partial charge < -0.3 is 9.68 Å². The summed E-state index contributed by atoms with van der Waals surface area (Å²) in [6.45, 7) is 6.65. The summed E-state index contributed by atoms with van der Waals surface area (Å²) in [6.07, 6.45) is 6.33. The van der Waals surface area contributed by atoms with Crippen LogP contribution >= 0.6 is 0 Å². The minimum Gasteiger partial charge on any atom is -0.368 e. The van der Waals surface area contributed by atoms with Crippen LogP contribution < -0.4 is 0 Å². The van der Waals surface area contributed by atoms with Crippen LogP contribution in [0.1, 0.15) is 44.9 Å². The molecule has 0 spiro atoms. The molecule has 2 fully saturated rings. The van der Waals surface area contributed by atoms with Gasteiger partial charge in [0.15, 0.2) is 0 Å². The van der Waals surface area contributed by atoms with Crippen molar-refractivity contribution in [2.24, 2.45) is 0 Å². The van der Waals surface area contributed by atoms with E-state index in [1.165, 1.54) is 6.42 Å². The first kappa shape index (κ1) is 16.0. The van der Waals surface area contributed by atoms with Crippen molar-refractivity contribution in [2.75, 3.05) is 26.2 Å². The minimum absolute atomic E-state index is 0.122. The van der Waals surface area contributed by atoms with Crippen LogP contribution in [-0.2, 0) is 19.3 Å². The van der Waals surface area contributed by atoms with E-state index in [4.69, 9.17) is 9.68 Å². The maximum atomic E-state index is 11.9. The fraction of sp³-hybridized carbons (Fsp3) is 0.733. The van der Waals surface area contributed by atoms with Gasteiger partial charge >= 0.3 is 11.9 Å². The Bertz CT molecular complexity index is 385. The molecule has 2 aliphatic rings. The van der Waals surface area contributed by atoms with E-state index in [2.05, 4.69) is 6.58 Å². The fourth-order valence-electron chi connectivity index (χ4n) is 2.52. The summed E-state index contributed by atoms with van der Waals surface area (Å²) >= 11 is 0. The Labute approximate surface area is 125 Å². The van der Waals surface area contributed by atoms with Gasteiger partial charge in [0.2, 0.25) is 0 Å². The van der Waals surface area contributed by atoms with Crippen molar-refractivity contribution in [1.82, 2.24) is 10.1 Å². The largest absolute Gasteiger partial charge is 0.368 e. The van der Waals surface area contributed by atoms with E-state index in [9.17, 15) is 9.59 Å². The van der Waals surface area contributed by atoms with Gasteiger partial charge in [-0.15, -0.1) is 10.1 Å². The monoisotopic (exact) mass is 296 g/mol. The van der Waals surface area contributed by atoms with Gasteiger partial charge in [-0.2, -0.15) is 0 Å². The molecule has 2 heterocycles. The normalized spacial score (nSPS) is 20.8. The van der Waals surface area contributed by atoms with Gasteiger partial charge in [0.1, 0.15) is 0 Å². The zero-order valence-electron chi connectivity index (χ0n) is 12.5. The highest BCUT2D eigenvalue weighted by molar-refractivity contribution is 5.93. The topological polar surface area (TPSA) is 59.1 Å². The molecule has 0 amide bonds. The molecular formula is C15H24N2O4. The maximum Gasteiger partial charge on any atom is 0.352 e. The molecule has 0 N–H and O–H groups in total. The van der Waals surface area contributed by atoms with Crippen molar-refractivity contribution in [2.45, 2.75) is 44.9 Å². The molecule has 2 saturated heterocycles. The zero-order valence-corrected chi connectivity index (χ0v) is 12.5. The van der Waals surface area contributed by atoms with Gasteiger partial charge in [-0.05, 0) is 25.7 Å². The zero-order chi connectivity index (χ0) is 15.1. The Balaban J connectivity index is 1.69. The number of carbonyl (C=O) groups is 2. The Kier molecular flexibility index (Phi) is 6.20. The van der Waals surface area contributed by atoms with E-state index in [-0.39, 0.29) is 12.0 Å². The second-order valence-electron chi connectivity index (χ2n) is 5.60. The lowest BCUT2D eigenvalue weighted by Crippen LogP contribution is -2.34. The van der Waals surface area contributed by atoms with Crippen molar-refractivity contribution >= 4 is 11.9 Å². The van der Waals surface area contributed by atoms with Crippen LogP contribution in [0.4, 0.5) is 0 Å². The van der Waals surface area contributed by atoms with Crippen molar-refractivity contribution in [1.29, 1.82) is 0 Å². The standard InChI is InChI=1S/C15H24N2O4/c1-13(15(19)21-17-10-6-3-7-11-17)12-14(18)20-16-8-4-2-5-9-16/h1-12H2. The highest BCUT2D eigenvalue weighted by Crippen LogP contribution is 2.13. The van der Waals surface area contributed by atoms with E-state index in [1.807, 2.05) is 0 Å². The van der Waals surface area contributed by atoms with Crippen molar-refractivity contribution < 1.29 is 19.3 Å². The Morgan fingerprint density at radius 3 is 1.81 bits per heavy atom. The van der Waals surface area contributed by atoms with E-state index in [1.54, 1.807) is 10.1 Å². The van der Waals surface area contributed by atoms with Gasteiger partial charge in [0, 0.05) is 31.8 Å². The molecule has 2 rings (SSSR count). The summed E-state index contributed by atoms with van der Waals surface area (Å²) < 4.78 is 0. The number of carbonyl (C=O) groups excluding carboxylic acids is 2. The summed E-state index contributed by atoms with van der Waals surface area (Å²) in [7, 11) is 0. The molecule has 0 atom stereocenters. The van der Waals surface area contributed by atoms with Gasteiger partial charge in [0.05, 0.1) is 6.42 Å². The van der Waals surface area contributed by atoms with Crippen LogP contribution in [-0.4, -0.2) is 48.2 Å². The number of nitrogens with zero attached hydrogens (tertiary/aromatic N) is 2. The van der Waals surface area contributed by atoms with Crippen LogP contribution in [0.25, 0.3) is 0 Å². The highest BCUT2D eigenvalue weighted by atomic mass is 16.7. The first-order valence-electron chi connectivity index (χ1n) is 7.76. The summed E-state index contributed by atoms with van der Waals surface area (Å²) in [5, 5.41) is 3.31. The van der Waals surface area contributed by atoms with Crippen LogP contribution in [0.3, 0.4) is 0 Å². The van der Waals surface area contributed by atoms with Crippen molar-refractivity contribution in [3.63, 3.8) is 0 Å². The Morgan fingerprint density at radius 1 is 0.810 bits per heavy atom. The predicted octanol–water partition coefficient (Wildman–Crippen LogP) is 1.82. The third-order valence-corrected chi connectivity index (χ3v) is 3.72. The first-order valence-corrected chi connectivity index (χ1v) is 7.76. The molecule has 0 radical (unpaired) electrons. The van der Waals surface area contributed by atoms with Gasteiger partial charge in [-0.25, -0.2) is 9.59 Å². The molecule has 21 heavy (non-hydrogen) atoms. The summed E-state index contributed by atoms with van der Waals surface area (Å²) in [4.78, 5) is 34.1. The number of hydrogen-bond donors (Lipinski definition) is 0. The molecule has 0 bridgehead atoms. The number of piperidine rings is 2. The summed E-state index contributed by atoms with van der Waals surface area (Å²) in [6, 6.07) is 0. The van der Waals surface area contributed by atoms with E-state index >= 15 is 0 Å². The van der Waals surface area contributed by atoms with E-state index in [0.717, 1.165) is 58.3 Å². The van der Waals surface area contributed by atoms with E-state index in [0.29, 0.717) is 0 Å². The van der Waals surface area contributed by atoms with E-state index < -0.39 is 11.9 Å². The van der Waals surface area contributed by atoms with Crippen molar-refractivity contribution in [3.05, 3.63) is 12.2 Å². The Hall–Kier alpha value is -1.40. The molecule has 0 unspecified atom stereocenters.